The Morgan fingerprint density at radius 2 is 2.00 bits per heavy atom. The number of hydrogen-bond acceptors (Lipinski definition) is 3. The standard InChI is InChI=1S/C9H7FN2O/c10-5-7-1-3-8(4-2-7)9-11-6-13-12-9/h1-4,6H,5H2. The quantitative estimate of drug-likeness (QED) is 0.707. The molecule has 0 spiro atoms. The molecule has 0 aliphatic carbocycles. The van der Waals surface area contributed by atoms with Crippen LogP contribution >= 0.6 is 0 Å². The molecule has 66 valence electrons. The van der Waals surface area contributed by atoms with Crippen molar-refractivity contribution >= 4 is 0 Å². The van der Waals surface area contributed by atoms with Gasteiger partial charge >= 0.3 is 0 Å². The van der Waals surface area contributed by atoms with Crippen molar-refractivity contribution < 1.29 is 8.91 Å². The fourth-order valence-electron chi connectivity index (χ4n) is 1.04. The Balaban J connectivity index is 2.33. The van der Waals surface area contributed by atoms with E-state index in [1.807, 2.05) is 0 Å². The van der Waals surface area contributed by atoms with E-state index in [0.29, 0.717) is 11.4 Å². The first-order valence-electron chi connectivity index (χ1n) is 3.82. The number of alkyl halides is 1. The average Bonchev–Trinajstić information content (AvgIpc) is 2.71. The summed E-state index contributed by atoms with van der Waals surface area (Å²) >= 11 is 0. The lowest BCUT2D eigenvalue weighted by Crippen LogP contribution is -1.82. The van der Waals surface area contributed by atoms with Gasteiger partial charge in [-0.05, 0) is 5.56 Å². The van der Waals surface area contributed by atoms with E-state index >= 15 is 0 Å². The van der Waals surface area contributed by atoms with Gasteiger partial charge in [-0.1, -0.05) is 29.4 Å². The van der Waals surface area contributed by atoms with Crippen molar-refractivity contribution in [2.24, 2.45) is 0 Å². The largest absolute Gasteiger partial charge is 0.342 e. The Hall–Kier alpha value is -1.71. The summed E-state index contributed by atoms with van der Waals surface area (Å²) in [5, 5.41) is 3.66. The summed E-state index contributed by atoms with van der Waals surface area (Å²) in [4.78, 5) is 3.87. The zero-order valence-electron chi connectivity index (χ0n) is 6.77. The van der Waals surface area contributed by atoms with E-state index in [-0.39, 0.29) is 0 Å². The monoisotopic (exact) mass is 178 g/mol. The van der Waals surface area contributed by atoms with E-state index in [4.69, 9.17) is 0 Å². The number of benzene rings is 1. The topological polar surface area (TPSA) is 38.9 Å². The summed E-state index contributed by atoms with van der Waals surface area (Å²) in [7, 11) is 0. The first kappa shape index (κ1) is 7.91. The molecular formula is C9H7FN2O. The molecular weight excluding hydrogens is 171 g/mol. The molecule has 0 amide bonds. The second kappa shape index (κ2) is 3.35. The van der Waals surface area contributed by atoms with E-state index in [1.165, 1.54) is 6.39 Å². The number of aromatic nitrogens is 2. The third kappa shape index (κ3) is 1.56. The fourth-order valence-corrected chi connectivity index (χ4v) is 1.04. The maximum absolute atomic E-state index is 12.1. The second-order valence-corrected chi connectivity index (χ2v) is 2.59. The highest BCUT2D eigenvalue weighted by atomic mass is 19.1. The van der Waals surface area contributed by atoms with Crippen LogP contribution in [-0.2, 0) is 6.67 Å². The highest BCUT2D eigenvalue weighted by Gasteiger charge is 2.01. The lowest BCUT2D eigenvalue weighted by molar-refractivity contribution is 0.419. The highest BCUT2D eigenvalue weighted by molar-refractivity contribution is 5.54. The van der Waals surface area contributed by atoms with Crippen molar-refractivity contribution in [1.29, 1.82) is 0 Å². The van der Waals surface area contributed by atoms with Gasteiger partial charge in [-0.25, -0.2) is 4.39 Å². The Bertz CT molecular complexity index is 369. The molecule has 0 saturated carbocycles. The van der Waals surface area contributed by atoms with Gasteiger partial charge in [-0.3, -0.25) is 0 Å². The molecule has 2 rings (SSSR count). The molecule has 4 heteroatoms. The van der Waals surface area contributed by atoms with Gasteiger partial charge in [-0.15, -0.1) is 0 Å². The SMILES string of the molecule is FCc1ccc(-c2ncon2)cc1. The smallest absolute Gasteiger partial charge is 0.214 e. The first-order valence-corrected chi connectivity index (χ1v) is 3.82. The molecule has 0 unspecified atom stereocenters. The summed E-state index contributed by atoms with van der Waals surface area (Å²) in [6.07, 6.45) is 1.26. The molecule has 0 N–H and O–H groups in total. The summed E-state index contributed by atoms with van der Waals surface area (Å²) in [6.45, 7) is -0.452. The fraction of sp³-hybridized carbons (Fsp3) is 0.111. The third-order valence-corrected chi connectivity index (χ3v) is 1.73. The zero-order valence-corrected chi connectivity index (χ0v) is 6.77. The minimum atomic E-state index is -0.452. The minimum absolute atomic E-state index is 0.452. The molecule has 0 bridgehead atoms. The van der Waals surface area contributed by atoms with Crippen molar-refractivity contribution in [2.75, 3.05) is 0 Å². The van der Waals surface area contributed by atoms with E-state index in [2.05, 4.69) is 14.7 Å². The van der Waals surface area contributed by atoms with Crippen molar-refractivity contribution in [2.45, 2.75) is 6.67 Å². The molecule has 0 radical (unpaired) electrons. The Morgan fingerprint density at radius 1 is 1.23 bits per heavy atom. The molecule has 0 atom stereocenters. The van der Waals surface area contributed by atoms with E-state index < -0.39 is 6.67 Å². The van der Waals surface area contributed by atoms with E-state index in [1.54, 1.807) is 24.3 Å². The lowest BCUT2D eigenvalue weighted by Gasteiger charge is -1.95. The zero-order chi connectivity index (χ0) is 9.10. The number of halogens is 1. The summed E-state index contributed by atoms with van der Waals surface area (Å²) < 4.78 is 16.7. The van der Waals surface area contributed by atoms with E-state index in [0.717, 1.165) is 5.56 Å². The van der Waals surface area contributed by atoms with Crippen LogP contribution in [0.1, 0.15) is 5.56 Å². The minimum Gasteiger partial charge on any atom is -0.342 e. The Morgan fingerprint density at radius 3 is 2.54 bits per heavy atom. The van der Waals surface area contributed by atoms with Crippen LogP contribution < -0.4 is 0 Å². The van der Waals surface area contributed by atoms with Crippen LogP contribution in [-0.4, -0.2) is 10.1 Å². The molecule has 3 nitrogen and oxygen atoms in total. The van der Waals surface area contributed by atoms with Crippen LogP contribution in [0.15, 0.2) is 35.2 Å². The predicted octanol–water partition coefficient (Wildman–Crippen LogP) is 2.21. The van der Waals surface area contributed by atoms with Crippen LogP contribution in [0.2, 0.25) is 0 Å². The normalized spacial score (nSPS) is 10.2. The average molecular weight is 178 g/mol. The number of hydrogen-bond donors (Lipinski definition) is 0. The van der Waals surface area contributed by atoms with E-state index in [9.17, 15) is 4.39 Å². The van der Waals surface area contributed by atoms with Gasteiger partial charge in [-0.2, -0.15) is 4.98 Å². The molecule has 1 aromatic heterocycles. The van der Waals surface area contributed by atoms with Gasteiger partial charge in [0, 0.05) is 5.56 Å². The Kier molecular flexibility index (Phi) is 2.04. The number of nitrogens with zero attached hydrogens (tertiary/aromatic N) is 2. The third-order valence-electron chi connectivity index (χ3n) is 1.73. The number of rotatable bonds is 2. The predicted molar refractivity (Wildman–Crippen MR) is 44.5 cm³/mol. The molecule has 2 aromatic rings. The van der Waals surface area contributed by atoms with Crippen LogP contribution in [0.4, 0.5) is 4.39 Å². The van der Waals surface area contributed by atoms with Gasteiger partial charge in [0.1, 0.15) is 6.67 Å². The van der Waals surface area contributed by atoms with Gasteiger partial charge in [0.25, 0.3) is 0 Å². The highest BCUT2D eigenvalue weighted by Crippen LogP contribution is 2.15. The first-order chi connectivity index (χ1) is 6.40. The maximum atomic E-state index is 12.1. The summed E-state index contributed by atoms with van der Waals surface area (Å²) in [6, 6.07) is 6.93. The van der Waals surface area contributed by atoms with Crippen molar-refractivity contribution in [3.8, 4) is 11.4 Å². The van der Waals surface area contributed by atoms with Crippen molar-refractivity contribution in [3.05, 3.63) is 36.2 Å². The molecule has 0 fully saturated rings. The maximum Gasteiger partial charge on any atom is 0.214 e. The van der Waals surface area contributed by atoms with Crippen LogP contribution in [0.5, 0.6) is 0 Å². The summed E-state index contributed by atoms with van der Waals surface area (Å²) in [5.41, 5.74) is 1.47. The van der Waals surface area contributed by atoms with Gasteiger partial charge in [0.2, 0.25) is 12.2 Å². The molecule has 0 saturated heterocycles. The van der Waals surface area contributed by atoms with Gasteiger partial charge < -0.3 is 4.52 Å². The van der Waals surface area contributed by atoms with Crippen LogP contribution in [0.25, 0.3) is 11.4 Å². The molecule has 0 aliphatic heterocycles. The molecule has 0 aliphatic rings. The van der Waals surface area contributed by atoms with Crippen molar-refractivity contribution in [1.82, 2.24) is 10.1 Å². The molecule has 1 aromatic carbocycles. The van der Waals surface area contributed by atoms with Crippen LogP contribution in [0.3, 0.4) is 0 Å². The second-order valence-electron chi connectivity index (χ2n) is 2.59. The lowest BCUT2D eigenvalue weighted by atomic mass is 10.1. The van der Waals surface area contributed by atoms with Gasteiger partial charge in [0.15, 0.2) is 0 Å². The van der Waals surface area contributed by atoms with Crippen molar-refractivity contribution in [3.63, 3.8) is 0 Å². The molecule has 13 heavy (non-hydrogen) atoms. The molecule has 1 heterocycles. The summed E-state index contributed by atoms with van der Waals surface area (Å²) in [5.74, 6) is 0.519. The van der Waals surface area contributed by atoms with Crippen LogP contribution in [0, 0.1) is 0 Å². The Labute approximate surface area is 74.2 Å². The van der Waals surface area contributed by atoms with Gasteiger partial charge in [0.05, 0.1) is 0 Å².